The number of hydrogen-bond donors (Lipinski definition) is 2. The number of likely N-dealkylation sites (tertiary alicyclic amines) is 1. The Morgan fingerprint density at radius 2 is 1.97 bits per heavy atom. The Bertz CT molecular complexity index is 1110. The van der Waals surface area contributed by atoms with Crippen molar-refractivity contribution >= 4 is 23.5 Å². The molecule has 1 atom stereocenters. The summed E-state index contributed by atoms with van der Waals surface area (Å²) in [5.41, 5.74) is 5.52. The first-order valence-electron chi connectivity index (χ1n) is 11.3. The minimum atomic E-state index is -0.751. The molecular formula is C23H31N5O6. The minimum Gasteiger partial charge on any atom is -0.450 e. The number of ether oxygens (including phenoxy) is 2. The number of piperidine rings is 1. The van der Waals surface area contributed by atoms with Crippen molar-refractivity contribution in [2.45, 2.75) is 32.9 Å². The number of nitrogens with one attached hydrogen (secondary N) is 1. The maximum atomic E-state index is 13.8. The highest BCUT2D eigenvalue weighted by Gasteiger charge is 2.34. The summed E-state index contributed by atoms with van der Waals surface area (Å²) in [6.07, 6.45) is 0.689. The average molecular weight is 474 g/mol. The van der Waals surface area contributed by atoms with Crippen LogP contribution in [0.4, 0.5) is 16.3 Å². The molecular weight excluding hydrogens is 442 g/mol. The highest BCUT2D eigenvalue weighted by Crippen LogP contribution is 2.26. The van der Waals surface area contributed by atoms with Crippen LogP contribution in [0.25, 0.3) is 0 Å². The van der Waals surface area contributed by atoms with Crippen LogP contribution < -0.4 is 21.9 Å². The van der Waals surface area contributed by atoms with Crippen molar-refractivity contribution in [3.05, 3.63) is 56.7 Å². The number of methoxy groups -OCH3 is 1. The van der Waals surface area contributed by atoms with Gasteiger partial charge in [-0.2, -0.15) is 0 Å². The Morgan fingerprint density at radius 3 is 2.65 bits per heavy atom. The fraction of sp³-hybridized carbons (Fsp3) is 0.478. The maximum absolute atomic E-state index is 13.8. The first kappa shape index (κ1) is 25.0. The second-order valence-electron chi connectivity index (χ2n) is 8.03. The quantitative estimate of drug-likeness (QED) is 0.586. The second-order valence-corrected chi connectivity index (χ2v) is 8.03. The van der Waals surface area contributed by atoms with Gasteiger partial charge in [-0.3, -0.25) is 24.0 Å². The topological polar surface area (TPSA) is 140 Å². The number of nitrogens with two attached hydrogens (primary N) is 1. The molecule has 3 rings (SSSR count). The van der Waals surface area contributed by atoms with Crippen LogP contribution in [-0.4, -0.2) is 59.9 Å². The number of carbonyl (C=O) groups excluding carboxylic acids is 2. The van der Waals surface area contributed by atoms with Crippen molar-refractivity contribution in [1.29, 1.82) is 0 Å². The summed E-state index contributed by atoms with van der Waals surface area (Å²) in [5.74, 6) is -1.03. The molecule has 11 heteroatoms. The van der Waals surface area contributed by atoms with Crippen LogP contribution in [-0.2, 0) is 27.4 Å². The van der Waals surface area contributed by atoms with Gasteiger partial charge in [-0.25, -0.2) is 9.59 Å². The summed E-state index contributed by atoms with van der Waals surface area (Å²) in [4.78, 5) is 56.4. The van der Waals surface area contributed by atoms with E-state index in [4.69, 9.17) is 15.2 Å². The van der Waals surface area contributed by atoms with Crippen LogP contribution in [0.15, 0.2) is 39.9 Å². The largest absolute Gasteiger partial charge is 0.450 e. The van der Waals surface area contributed by atoms with Gasteiger partial charge in [0, 0.05) is 20.2 Å². The van der Waals surface area contributed by atoms with Crippen LogP contribution in [0.3, 0.4) is 0 Å². The zero-order chi connectivity index (χ0) is 24.7. The number of nitrogen functional groups attached to an aromatic ring is 1. The van der Waals surface area contributed by atoms with Gasteiger partial charge in [0.15, 0.2) is 5.69 Å². The third kappa shape index (κ3) is 5.66. The fourth-order valence-corrected chi connectivity index (χ4v) is 4.06. The number of hydrogen-bond acceptors (Lipinski definition) is 7. The molecule has 0 aliphatic carbocycles. The standard InChI is InChI=1S/C23H31N5O6/c1-3-34-23(32)26-11-7-10-17(15-26)21(30)28(14-16-8-5-4-6-9-16)18-19(24)27(12-13-33-2)22(31)25-20(18)29/h4-6,8-9,17H,3,7,10-15,24H2,1-2H3,(H,25,29,31)/t17-/m0/s1. The summed E-state index contributed by atoms with van der Waals surface area (Å²) in [7, 11) is 1.48. The lowest BCUT2D eigenvalue weighted by molar-refractivity contribution is -0.124. The highest BCUT2D eigenvalue weighted by molar-refractivity contribution is 5.97. The number of benzene rings is 1. The molecule has 1 saturated heterocycles. The van der Waals surface area contributed by atoms with Gasteiger partial charge in [-0.15, -0.1) is 0 Å². The maximum Gasteiger partial charge on any atom is 0.409 e. The van der Waals surface area contributed by atoms with E-state index >= 15 is 0 Å². The van der Waals surface area contributed by atoms with Crippen LogP contribution >= 0.6 is 0 Å². The Hall–Kier alpha value is -3.60. The summed E-state index contributed by atoms with van der Waals surface area (Å²) in [6, 6.07) is 9.16. The molecule has 0 unspecified atom stereocenters. The Labute approximate surface area is 197 Å². The normalized spacial score (nSPS) is 15.7. The molecule has 0 radical (unpaired) electrons. The minimum absolute atomic E-state index is 0.0747. The van der Waals surface area contributed by atoms with E-state index in [1.165, 1.54) is 21.5 Å². The molecule has 1 aliphatic heterocycles. The molecule has 0 spiro atoms. The number of anilines is 2. The van der Waals surface area contributed by atoms with Gasteiger partial charge in [0.25, 0.3) is 5.56 Å². The first-order valence-corrected chi connectivity index (χ1v) is 11.3. The van der Waals surface area contributed by atoms with E-state index in [0.29, 0.717) is 19.4 Å². The van der Waals surface area contributed by atoms with Gasteiger partial charge >= 0.3 is 11.8 Å². The molecule has 2 amide bonds. The molecule has 1 fully saturated rings. The molecule has 2 aromatic rings. The van der Waals surface area contributed by atoms with Crippen molar-refractivity contribution < 1.29 is 19.1 Å². The zero-order valence-corrected chi connectivity index (χ0v) is 19.5. The number of aromatic amines is 1. The van der Waals surface area contributed by atoms with E-state index in [1.54, 1.807) is 6.92 Å². The molecule has 0 saturated carbocycles. The molecule has 11 nitrogen and oxygen atoms in total. The van der Waals surface area contributed by atoms with Crippen LogP contribution in [0.1, 0.15) is 25.3 Å². The molecule has 0 bridgehead atoms. The molecule has 3 N–H and O–H groups in total. The zero-order valence-electron chi connectivity index (χ0n) is 19.5. The van der Waals surface area contributed by atoms with Gasteiger partial charge in [-0.05, 0) is 25.3 Å². The number of carbonyl (C=O) groups is 2. The van der Waals surface area contributed by atoms with E-state index < -0.39 is 23.3 Å². The number of H-pyrrole nitrogens is 1. The lowest BCUT2D eigenvalue weighted by atomic mass is 9.96. The molecule has 34 heavy (non-hydrogen) atoms. The van der Waals surface area contributed by atoms with Crippen LogP contribution in [0.2, 0.25) is 0 Å². The number of rotatable bonds is 8. The Balaban J connectivity index is 2.01. The summed E-state index contributed by atoms with van der Waals surface area (Å²) >= 11 is 0. The van der Waals surface area contributed by atoms with Gasteiger partial charge in [0.1, 0.15) is 5.82 Å². The SMILES string of the molecule is CCOC(=O)N1CCC[C@H](C(=O)N(Cc2ccccc2)c2c(N)n(CCOC)c(=O)[nH]c2=O)C1. The average Bonchev–Trinajstić information content (AvgIpc) is 2.83. The molecule has 1 aromatic heterocycles. The molecule has 2 heterocycles. The number of amides is 2. The lowest BCUT2D eigenvalue weighted by Crippen LogP contribution is -2.49. The van der Waals surface area contributed by atoms with Crippen molar-refractivity contribution in [1.82, 2.24) is 14.5 Å². The van der Waals surface area contributed by atoms with Crippen LogP contribution in [0, 0.1) is 5.92 Å². The second kappa shape index (κ2) is 11.5. The predicted octanol–water partition coefficient (Wildman–Crippen LogP) is 1.17. The predicted molar refractivity (Wildman–Crippen MR) is 127 cm³/mol. The van der Waals surface area contributed by atoms with Crippen molar-refractivity contribution in [2.24, 2.45) is 5.92 Å². The summed E-state index contributed by atoms with van der Waals surface area (Å²) in [5, 5.41) is 0. The lowest BCUT2D eigenvalue weighted by Gasteiger charge is -2.34. The van der Waals surface area contributed by atoms with Crippen molar-refractivity contribution in [2.75, 3.05) is 44.0 Å². The van der Waals surface area contributed by atoms with Crippen LogP contribution in [0.5, 0.6) is 0 Å². The highest BCUT2D eigenvalue weighted by atomic mass is 16.6. The summed E-state index contributed by atoms with van der Waals surface area (Å²) in [6.45, 7) is 3.00. The van der Waals surface area contributed by atoms with Gasteiger partial charge in [0.2, 0.25) is 5.91 Å². The number of nitrogens with zero attached hydrogens (tertiary/aromatic N) is 3. The van der Waals surface area contributed by atoms with Gasteiger partial charge < -0.3 is 20.1 Å². The van der Waals surface area contributed by atoms with E-state index in [-0.39, 0.29) is 50.3 Å². The molecule has 184 valence electrons. The van der Waals surface area contributed by atoms with Gasteiger partial charge in [-0.1, -0.05) is 30.3 Å². The summed E-state index contributed by atoms with van der Waals surface area (Å²) < 4.78 is 11.3. The Kier molecular flexibility index (Phi) is 8.47. The molecule has 1 aliphatic rings. The molecule has 1 aromatic carbocycles. The fourth-order valence-electron chi connectivity index (χ4n) is 4.06. The van der Waals surface area contributed by atoms with E-state index in [9.17, 15) is 19.2 Å². The van der Waals surface area contributed by atoms with Gasteiger partial charge in [0.05, 0.1) is 32.2 Å². The third-order valence-electron chi connectivity index (χ3n) is 5.75. The first-order chi connectivity index (χ1) is 16.4. The number of aromatic nitrogens is 2. The monoisotopic (exact) mass is 473 g/mol. The van der Waals surface area contributed by atoms with Crippen molar-refractivity contribution in [3.8, 4) is 0 Å². The van der Waals surface area contributed by atoms with E-state index in [0.717, 1.165) is 5.56 Å². The van der Waals surface area contributed by atoms with E-state index in [1.807, 2.05) is 30.3 Å². The third-order valence-corrected chi connectivity index (χ3v) is 5.75. The van der Waals surface area contributed by atoms with E-state index in [2.05, 4.69) is 4.98 Å². The Morgan fingerprint density at radius 1 is 1.24 bits per heavy atom. The van der Waals surface area contributed by atoms with Crippen molar-refractivity contribution in [3.63, 3.8) is 0 Å². The smallest absolute Gasteiger partial charge is 0.409 e.